The molecule has 0 aliphatic carbocycles. The lowest BCUT2D eigenvalue weighted by atomic mass is 10.1. The van der Waals surface area contributed by atoms with Crippen LogP contribution in [0.25, 0.3) is 0 Å². The number of carbonyl (C=O) groups excluding carboxylic acids is 1. The van der Waals surface area contributed by atoms with Crippen molar-refractivity contribution in [3.8, 4) is 0 Å². The Labute approximate surface area is 198 Å². The second-order valence-corrected chi connectivity index (χ2v) is 10.3. The number of rotatable bonds is 10. The van der Waals surface area contributed by atoms with Gasteiger partial charge in [0.15, 0.2) is 0 Å². The lowest BCUT2D eigenvalue weighted by molar-refractivity contribution is -0.121. The summed E-state index contributed by atoms with van der Waals surface area (Å²) in [6.07, 6.45) is 1.50. The van der Waals surface area contributed by atoms with Crippen molar-refractivity contribution in [3.05, 3.63) is 100 Å². The van der Waals surface area contributed by atoms with Crippen molar-refractivity contribution in [1.82, 2.24) is 10.0 Å². The van der Waals surface area contributed by atoms with Crippen LogP contribution in [0.4, 0.5) is 0 Å². The van der Waals surface area contributed by atoms with Crippen molar-refractivity contribution < 1.29 is 13.2 Å². The van der Waals surface area contributed by atoms with Crippen LogP contribution in [-0.2, 0) is 27.7 Å². The Hall–Kier alpha value is -2.48. The van der Waals surface area contributed by atoms with Crippen LogP contribution in [-0.4, -0.2) is 20.9 Å². The molecule has 32 heavy (non-hydrogen) atoms. The van der Waals surface area contributed by atoms with E-state index in [1.165, 1.54) is 0 Å². The van der Waals surface area contributed by atoms with E-state index >= 15 is 0 Å². The highest BCUT2D eigenvalue weighted by Crippen LogP contribution is 2.18. The minimum Gasteiger partial charge on any atom is -0.350 e. The van der Waals surface area contributed by atoms with E-state index in [-0.39, 0.29) is 16.8 Å². The average Bonchev–Trinajstić information content (AvgIpc) is 2.78. The van der Waals surface area contributed by atoms with Crippen molar-refractivity contribution in [2.24, 2.45) is 0 Å². The molecule has 3 aromatic rings. The highest BCUT2D eigenvalue weighted by atomic mass is 79.9. The summed E-state index contributed by atoms with van der Waals surface area (Å²) in [6.45, 7) is 2.29. The number of hydrogen-bond acceptors (Lipinski definition) is 3. The van der Waals surface area contributed by atoms with Gasteiger partial charge in [0, 0.05) is 17.4 Å². The third-order valence-electron chi connectivity index (χ3n) is 5.15. The minimum absolute atomic E-state index is 0.0447. The molecule has 0 radical (unpaired) electrons. The van der Waals surface area contributed by atoms with Gasteiger partial charge in [-0.05, 0) is 60.7 Å². The summed E-state index contributed by atoms with van der Waals surface area (Å²) >= 11 is 3.44. The van der Waals surface area contributed by atoms with Gasteiger partial charge in [-0.2, -0.15) is 0 Å². The van der Waals surface area contributed by atoms with Gasteiger partial charge in [-0.25, -0.2) is 13.1 Å². The molecule has 2 N–H and O–H groups in total. The Morgan fingerprint density at radius 3 is 2.28 bits per heavy atom. The first kappa shape index (κ1) is 24.2. The standard InChI is InChI=1S/C25H27BrN2O3S/c1-19(22-8-5-9-23(26)18-22)28-25(29)15-12-21-10-13-24(14-11-21)32(30,31)27-17-16-20-6-3-2-4-7-20/h2-11,13-14,18-19,27H,12,15-17H2,1H3,(H,28,29)/t19-/m1/s1. The molecule has 1 atom stereocenters. The molecule has 1 amide bonds. The molecule has 0 saturated carbocycles. The van der Waals surface area contributed by atoms with Gasteiger partial charge in [0.05, 0.1) is 10.9 Å². The highest BCUT2D eigenvalue weighted by Gasteiger charge is 2.14. The molecule has 0 fully saturated rings. The van der Waals surface area contributed by atoms with Crippen molar-refractivity contribution in [2.75, 3.05) is 6.54 Å². The predicted molar refractivity (Wildman–Crippen MR) is 131 cm³/mol. The summed E-state index contributed by atoms with van der Waals surface area (Å²) in [6, 6.07) is 24.2. The first-order chi connectivity index (χ1) is 15.3. The lowest BCUT2D eigenvalue weighted by Gasteiger charge is -2.15. The second-order valence-electron chi connectivity index (χ2n) is 7.62. The molecule has 0 bridgehead atoms. The molecule has 3 rings (SSSR count). The Kier molecular flexibility index (Phi) is 8.61. The summed E-state index contributed by atoms with van der Waals surface area (Å²) in [7, 11) is -3.56. The first-order valence-electron chi connectivity index (χ1n) is 10.5. The van der Waals surface area contributed by atoms with Crippen LogP contribution in [0.2, 0.25) is 0 Å². The van der Waals surface area contributed by atoms with Crippen LogP contribution >= 0.6 is 15.9 Å². The zero-order chi connectivity index (χ0) is 23.0. The fourth-order valence-corrected chi connectivity index (χ4v) is 4.77. The number of halogens is 1. The summed E-state index contributed by atoms with van der Waals surface area (Å²) in [5.74, 6) is -0.0447. The number of sulfonamides is 1. The topological polar surface area (TPSA) is 75.3 Å². The molecular formula is C25H27BrN2O3S. The van der Waals surface area contributed by atoms with Crippen molar-refractivity contribution >= 4 is 31.9 Å². The van der Waals surface area contributed by atoms with Crippen molar-refractivity contribution in [1.29, 1.82) is 0 Å². The molecule has 0 heterocycles. The van der Waals surface area contributed by atoms with E-state index in [9.17, 15) is 13.2 Å². The average molecular weight is 515 g/mol. The number of hydrogen-bond donors (Lipinski definition) is 2. The fourth-order valence-electron chi connectivity index (χ4n) is 3.32. The summed E-state index contributed by atoms with van der Waals surface area (Å²) in [5.41, 5.74) is 3.03. The normalized spacial score (nSPS) is 12.3. The molecule has 5 nitrogen and oxygen atoms in total. The monoisotopic (exact) mass is 514 g/mol. The minimum atomic E-state index is -3.56. The van der Waals surface area contributed by atoms with Gasteiger partial charge in [0.1, 0.15) is 0 Å². The first-order valence-corrected chi connectivity index (χ1v) is 12.8. The zero-order valence-electron chi connectivity index (χ0n) is 17.9. The molecular weight excluding hydrogens is 488 g/mol. The molecule has 0 aromatic heterocycles. The number of aryl methyl sites for hydroxylation is 1. The predicted octanol–water partition coefficient (Wildman–Crippen LogP) is 4.78. The maximum atomic E-state index is 12.5. The number of carbonyl (C=O) groups is 1. The van der Waals surface area contributed by atoms with Gasteiger partial charge in [0.25, 0.3) is 0 Å². The molecule has 0 aliphatic rings. The summed E-state index contributed by atoms with van der Waals surface area (Å²) < 4.78 is 28.6. The third kappa shape index (κ3) is 7.29. The van der Waals surface area contributed by atoms with Gasteiger partial charge in [0.2, 0.25) is 15.9 Å². The molecule has 168 valence electrons. The van der Waals surface area contributed by atoms with E-state index in [1.807, 2.05) is 61.5 Å². The van der Waals surface area contributed by atoms with Crippen LogP contribution in [0.3, 0.4) is 0 Å². The van der Waals surface area contributed by atoms with Gasteiger partial charge < -0.3 is 5.32 Å². The van der Waals surface area contributed by atoms with E-state index in [2.05, 4.69) is 26.0 Å². The molecule has 0 aliphatic heterocycles. The van der Waals surface area contributed by atoms with Crippen LogP contribution < -0.4 is 10.0 Å². The molecule has 0 unspecified atom stereocenters. The molecule has 7 heteroatoms. The van der Waals surface area contributed by atoms with Crippen molar-refractivity contribution in [2.45, 2.75) is 37.1 Å². The van der Waals surface area contributed by atoms with Gasteiger partial charge in [-0.3, -0.25) is 4.79 Å². The quantitative estimate of drug-likeness (QED) is 0.408. The maximum absolute atomic E-state index is 12.5. The van der Waals surface area contributed by atoms with E-state index < -0.39 is 10.0 Å². The Morgan fingerprint density at radius 2 is 1.59 bits per heavy atom. The van der Waals surface area contributed by atoms with Crippen molar-refractivity contribution in [3.63, 3.8) is 0 Å². The zero-order valence-corrected chi connectivity index (χ0v) is 20.3. The second kappa shape index (κ2) is 11.4. The fraction of sp³-hybridized carbons (Fsp3) is 0.240. The van der Waals surface area contributed by atoms with Gasteiger partial charge in [-0.1, -0.05) is 70.5 Å². The molecule has 0 spiro atoms. The van der Waals surface area contributed by atoms with Crippen LogP contribution in [0.15, 0.2) is 88.2 Å². The van der Waals surface area contributed by atoms with E-state index in [4.69, 9.17) is 0 Å². The smallest absolute Gasteiger partial charge is 0.240 e. The summed E-state index contributed by atoms with van der Waals surface area (Å²) in [4.78, 5) is 12.5. The number of nitrogens with one attached hydrogen (secondary N) is 2. The highest BCUT2D eigenvalue weighted by molar-refractivity contribution is 9.10. The summed E-state index contributed by atoms with van der Waals surface area (Å²) in [5, 5.41) is 3.00. The number of amides is 1. The lowest BCUT2D eigenvalue weighted by Crippen LogP contribution is -2.27. The van der Waals surface area contributed by atoms with Gasteiger partial charge >= 0.3 is 0 Å². The SMILES string of the molecule is C[C@@H](NC(=O)CCc1ccc(S(=O)(=O)NCCc2ccccc2)cc1)c1cccc(Br)c1. The Morgan fingerprint density at radius 1 is 0.906 bits per heavy atom. The van der Waals surface area contributed by atoms with E-state index in [1.54, 1.807) is 24.3 Å². The third-order valence-corrected chi connectivity index (χ3v) is 7.12. The van der Waals surface area contributed by atoms with Crippen LogP contribution in [0.1, 0.15) is 36.1 Å². The Bertz CT molecular complexity index is 1130. The molecule has 0 saturated heterocycles. The van der Waals surface area contributed by atoms with Crippen LogP contribution in [0.5, 0.6) is 0 Å². The van der Waals surface area contributed by atoms with E-state index in [0.717, 1.165) is 21.2 Å². The van der Waals surface area contributed by atoms with Crippen LogP contribution in [0, 0.1) is 0 Å². The molecule has 3 aromatic carbocycles. The largest absolute Gasteiger partial charge is 0.350 e. The number of benzene rings is 3. The van der Waals surface area contributed by atoms with Gasteiger partial charge in [-0.15, -0.1) is 0 Å². The van der Waals surface area contributed by atoms with E-state index in [0.29, 0.717) is 25.8 Å². The maximum Gasteiger partial charge on any atom is 0.240 e. The Balaban J connectivity index is 1.47.